The van der Waals surface area contributed by atoms with E-state index in [0.29, 0.717) is 17.3 Å². The van der Waals surface area contributed by atoms with Gasteiger partial charge in [0.2, 0.25) is 0 Å². The minimum Gasteiger partial charge on any atom is -0.478 e. The van der Waals surface area contributed by atoms with E-state index in [1.807, 2.05) is 0 Å². The van der Waals surface area contributed by atoms with Gasteiger partial charge in [0.05, 0.1) is 21.1 Å². The molecule has 1 fully saturated rings. The molecule has 0 bridgehead atoms. The Morgan fingerprint density at radius 1 is 1.33 bits per heavy atom. The molecular formula is C18H15Cl2NO5S. The molecule has 0 radical (unpaired) electrons. The highest BCUT2D eigenvalue weighted by molar-refractivity contribution is 8.18. The summed E-state index contributed by atoms with van der Waals surface area (Å²) in [5.74, 6) is 1.29. The van der Waals surface area contributed by atoms with Crippen LogP contribution in [0.2, 0.25) is 10.0 Å². The molecule has 0 saturated carbocycles. The van der Waals surface area contributed by atoms with Gasteiger partial charge in [0, 0.05) is 0 Å². The third-order valence-corrected chi connectivity index (χ3v) is 4.62. The number of imide groups is 1. The van der Waals surface area contributed by atoms with Crippen molar-refractivity contribution in [3.05, 3.63) is 32.6 Å². The lowest BCUT2D eigenvalue weighted by Gasteiger charge is -2.13. The number of esters is 1. The molecule has 1 heterocycles. The average Bonchev–Trinajstić information content (AvgIpc) is 2.81. The zero-order valence-electron chi connectivity index (χ0n) is 14.5. The number of halogens is 2. The van der Waals surface area contributed by atoms with E-state index in [1.54, 1.807) is 13.8 Å². The van der Waals surface area contributed by atoms with E-state index < -0.39 is 23.7 Å². The van der Waals surface area contributed by atoms with Gasteiger partial charge in [-0.15, -0.1) is 6.42 Å². The zero-order valence-corrected chi connectivity index (χ0v) is 16.8. The third-order valence-electron chi connectivity index (χ3n) is 3.15. The number of hydrogen-bond donors (Lipinski definition) is 0. The first kappa shape index (κ1) is 21.2. The molecule has 1 aliphatic heterocycles. The van der Waals surface area contributed by atoms with E-state index in [0.717, 1.165) is 4.90 Å². The maximum atomic E-state index is 12.4. The van der Waals surface area contributed by atoms with Crippen LogP contribution in [0.25, 0.3) is 6.08 Å². The predicted molar refractivity (Wildman–Crippen MR) is 105 cm³/mol. The predicted octanol–water partition coefficient (Wildman–Crippen LogP) is 3.99. The Bertz CT molecular complexity index is 837. The highest BCUT2D eigenvalue weighted by Gasteiger charge is 2.36. The van der Waals surface area contributed by atoms with Crippen molar-refractivity contribution in [2.75, 3.05) is 13.2 Å². The van der Waals surface area contributed by atoms with Crippen LogP contribution in [0.1, 0.15) is 19.4 Å². The van der Waals surface area contributed by atoms with Gasteiger partial charge < -0.3 is 9.47 Å². The van der Waals surface area contributed by atoms with E-state index in [4.69, 9.17) is 39.1 Å². The van der Waals surface area contributed by atoms with Gasteiger partial charge >= 0.3 is 5.97 Å². The molecule has 2 rings (SSSR count). The Kier molecular flexibility index (Phi) is 7.19. The first-order valence-electron chi connectivity index (χ1n) is 7.73. The van der Waals surface area contributed by atoms with Crippen LogP contribution >= 0.6 is 35.0 Å². The number of thioether (sulfide) groups is 1. The molecule has 0 aromatic heterocycles. The van der Waals surface area contributed by atoms with Crippen LogP contribution in [-0.4, -0.2) is 41.3 Å². The number of carbonyl (C=O) groups is 3. The molecule has 2 amide bonds. The van der Waals surface area contributed by atoms with Crippen LogP contribution in [0.5, 0.6) is 5.75 Å². The maximum Gasteiger partial charge on any atom is 0.326 e. The van der Waals surface area contributed by atoms with Gasteiger partial charge in [0.1, 0.15) is 13.2 Å². The van der Waals surface area contributed by atoms with Crippen molar-refractivity contribution in [3.63, 3.8) is 0 Å². The van der Waals surface area contributed by atoms with Crippen molar-refractivity contribution in [3.8, 4) is 18.1 Å². The summed E-state index contributed by atoms with van der Waals surface area (Å²) in [6.45, 7) is 2.91. The summed E-state index contributed by atoms with van der Waals surface area (Å²) in [7, 11) is 0. The van der Waals surface area contributed by atoms with Crippen molar-refractivity contribution in [2.45, 2.75) is 20.0 Å². The van der Waals surface area contributed by atoms with Crippen LogP contribution in [0.4, 0.5) is 4.79 Å². The number of nitrogens with zero attached hydrogens (tertiary/aromatic N) is 1. The van der Waals surface area contributed by atoms with E-state index in [-0.39, 0.29) is 33.4 Å². The Hall–Kier alpha value is -2.14. The molecular weight excluding hydrogens is 413 g/mol. The minimum atomic E-state index is -0.658. The van der Waals surface area contributed by atoms with Gasteiger partial charge in [-0.3, -0.25) is 19.3 Å². The Morgan fingerprint density at radius 2 is 1.96 bits per heavy atom. The van der Waals surface area contributed by atoms with Crippen LogP contribution in [0, 0.1) is 12.3 Å². The highest BCUT2D eigenvalue weighted by atomic mass is 35.5. The van der Waals surface area contributed by atoms with E-state index in [2.05, 4.69) is 5.92 Å². The lowest BCUT2D eigenvalue weighted by molar-refractivity contribution is -0.149. The summed E-state index contributed by atoms with van der Waals surface area (Å²) in [5.41, 5.74) is 0.494. The molecule has 6 nitrogen and oxygen atoms in total. The number of hydrogen-bond acceptors (Lipinski definition) is 6. The normalized spacial score (nSPS) is 15.4. The van der Waals surface area contributed by atoms with Gasteiger partial charge in [-0.25, -0.2) is 0 Å². The highest BCUT2D eigenvalue weighted by Crippen LogP contribution is 2.37. The number of terminal acetylenes is 1. The van der Waals surface area contributed by atoms with Gasteiger partial charge in [0.25, 0.3) is 11.1 Å². The first-order valence-corrected chi connectivity index (χ1v) is 9.30. The summed E-state index contributed by atoms with van der Waals surface area (Å²) in [6, 6.07) is 3.06. The van der Waals surface area contributed by atoms with Gasteiger partial charge in [-0.05, 0) is 49.4 Å². The van der Waals surface area contributed by atoms with Crippen molar-refractivity contribution < 1.29 is 23.9 Å². The van der Waals surface area contributed by atoms with Crippen molar-refractivity contribution >= 4 is 58.2 Å². The molecule has 0 spiro atoms. The number of carbonyl (C=O) groups excluding carboxylic acids is 3. The van der Waals surface area contributed by atoms with Crippen molar-refractivity contribution in [1.82, 2.24) is 4.90 Å². The second kappa shape index (κ2) is 9.18. The monoisotopic (exact) mass is 427 g/mol. The Morgan fingerprint density at radius 3 is 2.52 bits per heavy atom. The third kappa shape index (κ3) is 5.42. The molecule has 1 saturated heterocycles. The summed E-state index contributed by atoms with van der Waals surface area (Å²) in [6.07, 6.45) is 6.26. The molecule has 1 aliphatic rings. The number of rotatable bonds is 6. The fraction of sp³-hybridized carbons (Fsp3) is 0.278. The van der Waals surface area contributed by atoms with Crippen LogP contribution in [0.3, 0.4) is 0 Å². The fourth-order valence-electron chi connectivity index (χ4n) is 2.13. The topological polar surface area (TPSA) is 72.9 Å². The summed E-state index contributed by atoms with van der Waals surface area (Å²) in [5, 5.41) is -0.134. The van der Waals surface area contributed by atoms with Gasteiger partial charge in [0.15, 0.2) is 5.75 Å². The van der Waals surface area contributed by atoms with Gasteiger partial charge in [-0.2, -0.15) is 0 Å². The quantitative estimate of drug-likeness (QED) is 0.388. The van der Waals surface area contributed by atoms with E-state index in [9.17, 15) is 14.4 Å². The Balaban J connectivity index is 2.20. The van der Waals surface area contributed by atoms with Crippen LogP contribution in [0.15, 0.2) is 17.0 Å². The first-order chi connectivity index (χ1) is 12.7. The standard InChI is InChI=1S/C18H15Cl2NO5S/c1-4-5-25-16-12(19)6-11(7-13(16)20)8-14-17(23)21(18(24)27-14)9-15(22)26-10(2)3/h1,6-8,10H,5,9H2,2-3H3/b14-8+. The second-order valence-electron chi connectivity index (χ2n) is 5.61. The number of benzene rings is 1. The summed E-state index contributed by atoms with van der Waals surface area (Å²) in [4.78, 5) is 37.1. The maximum absolute atomic E-state index is 12.4. The molecule has 0 aliphatic carbocycles. The molecule has 1 aromatic carbocycles. The smallest absolute Gasteiger partial charge is 0.326 e. The number of ether oxygens (including phenoxy) is 2. The summed E-state index contributed by atoms with van der Waals surface area (Å²) >= 11 is 13.0. The Labute approximate surface area is 170 Å². The summed E-state index contributed by atoms with van der Waals surface area (Å²) < 4.78 is 10.2. The SMILES string of the molecule is C#CCOc1c(Cl)cc(/C=C2/SC(=O)N(CC(=O)OC(C)C)C2=O)cc1Cl. The van der Waals surface area contributed by atoms with E-state index in [1.165, 1.54) is 18.2 Å². The van der Waals surface area contributed by atoms with Crippen molar-refractivity contribution in [2.24, 2.45) is 0 Å². The van der Waals surface area contributed by atoms with E-state index >= 15 is 0 Å². The zero-order chi connectivity index (χ0) is 20.1. The largest absolute Gasteiger partial charge is 0.478 e. The second-order valence-corrected chi connectivity index (χ2v) is 7.42. The van der Waals surface area contributed by atoms with Crippen molar-refractivity contribution in [1.29, 1.82) is 0 Å². The lowest BCUT2D eigenvalue weighted by atomic mass is 10.2. The number of amides is 2. The molecule has 0 atom stereocenters. The lowest BCUT2D eigenvalue weighted by Crippen LogP contribution is -2.35. The van der Waals surface area contributed by atoms with Crippen LogP contribution in [-0.2, 0) is 14.3 Å². The minimum absolute atomic E-state index is 0.00412. The molecule has 0 N–H and O–H groups in total. The molecule has 1 aromatic rings. The fourth-order valence-corrected chi connectivity index (χ4v) is 3.58. The van der Waals surface area contributed by atoms with Crippen LogP contribution < -0.4 is 4.74 Å². The average molecular weight is 428 g/mol. The van der Waals surface area contributed by atoms with Gasteiger partial charge in [-0.1, -0.05) is 29.1 Å². The molecule has 27 heavy (non-hydrogen) atoms. The molecule has 0 unspecified atom stereocenters. The molecule has 9 heteroatoms. The molecule has 142 valence electrons.